The lowest BCUT2D eigenvalue weighted by Crippen LogP contribution is -2.35. The van der Waals surface area contributed by atoms with Crippen molar-refractivity contribution in [3.05, 3.63) is 22.7 Å². The second-order valence-corrected chi connectivity index (χ2v) is 6.38. The highest BCUT2D eigenvalue weighted by atomic mass is 35.5. The van der Waals surface area contributed by atoms with Crippen LogP contribution in [0.15, 0.2) is 17.2 Å². The van der Waals surface area contributed by atoms with Gasteiger partial charge in [0, 0.05) is 35.8 Å². The van der Waals surface area contributed by atoms with Crippen LogP contribution >= 0.6 is 11.6 Å². The van der Waals surface area contributed by atoms with Crippen LogP contribution in [0, 0.1) is 5.41 Å². The van der Waals surface area contributed by atoms with Crippen molar-refractivity contribution in [3.63, 3.8) is 0 Å². The van der Waals surface area contributed by atoms with Crippen molar-refractivity contribution in [2.45, 2.75) is 39.2 Å². The van der Waals surface area contributed by atoms with Crippen LogP contribution in [-0.2, 0) is 5.54 Å². The molecule has 18 heavy (non-hydrogen) atoms. The smallest absolute Gasteiger partial charge is 0.293 e. The van der Waals surface area contributed by atoms with Crippen LogP contribution in [0.4, 0.5) is 5.82 Å². The quantitative estimate of drug-likeness (QED) is 0.854. The zero-order chi connectivity index (χ0) is 13.4. The number of halogens is 1. The molecule has 0 aromatic carbocycles. The second-order valence-electron chi connectivity index (χ2n) is 6.11. The zero-order valence-corrected chi connectivity index (χ0v) is 11.9. The molecule has 2 rings (SSSR count). The molecule has 1 aliphatic carbocycles. The molecular formula is C13H20ClN3O. The third kappa shape index (κ3) is 2.69. The van der Waals surface area contributed by atoms with Gasteiger partial charge in [-0.25, -0.2) is 4.98 Å². The van der Waals surface area contributed by atoms with Crippen LogP contribution < -0.4 is 10.9 Å². The van der Waals surface area contributed by atoms with Gasteiger partial charge in [-0.1, -0.05) is 0 Å². The Morgan fingerprint density at radius 2 is 2.17 bits per heavy atom. The SMILES string of the molecule is CC(C)(C)n1ccnc(NCC2(CCl)CC2)c1=O. The summed E-state index contributed by atoms with van der Waals surface area (Å²) in [4.78, 5) is 16.4. The predicted molar refractivity (Wildman–Crippen MR) is 74.4 cm³/mol. The maximum Gasteiger partial charge on any atom is 0.293 e. The monoisotopic (exact) mass is 269 g/mol. The number of hydrogen-bond acceptors (Lipinski definition) is 3. The molecule has 5 heteroatoms. The Balaban J connectivity index is 2.17. The molecule has 0 saturated heterocycles. The van der Waals surface area contributed by atoms with Crippen LogP contribution in [0.1, 0.15) is 33.6 Å². The summed E-state index contributed by atoms with van der Waals surface area (Å²) in [6.07, 6.45) is 5.64. The van der Waals surface area contributed by atoms with Gasteiger partial charge in [0.15, 0.2) is 5.82 Å². The predicted octanol–water partition coefficient (Wildman–Crippen LogP) is 2.43. The van der Waals surface area contributed by atoms with Gasteiger partial charge in [-0.15, -0.1) is 11.6 Å². The number of nitrogens with one attached hydrogen (secondary N) is 1. The number of nitrogens with zero attached hydrogens (tertiary/aromatic N) is 2. The van der Waals surface area contributed by atoms with E-state index < -0.39 is 0 Å². The van der Waals surface area contributed by atoms with Crippen molar-refractivity contribution >= 4 is 17.4 Å². The van der Waals surface area contributed by atoms with E-state index in [4.69, 9.17) is 11.6 Å². The average molecular weight is 270 g/mol. The van der Waals surface area contributed by atoms with E-state index in [1.54, 1.807) is 17.0 Å². The van der Waals surface area contributed by atoms with Gasteiger partial charge in [0.05, 0.1) is 0 Å². The molecule has 0 amide bonds. The minimum atomic E-state index is -0.236. The van der Waals surface area contributed by atoms with Gasteiger partial charge in [0.2, 0.25) is 0 Å². The lowest BCUT2D eigenvalue weighted by molar-refractivity contribution is 0.383. The number of rotatable bonds is 4. The minimum Gasteiger partial charge on any atom is -0.365 e. The Morgan fingerprint density at radius 1 is 1.50 bits per heavy atom. The first kappa shape index (κ1) is 13.4. The molecule has 0 unspecified atom stereocenters. The Bertz CT molecular complexity index is 486. The average Bonchev–Trinajstić information content (AvgIpc) is 3.07. The highest BCUT2D eigenvalue weighted by Gasteiger charge is 2.41. The van der Waals surface area contributed by atoms with Crippen molar-refractivity contribution in [2.75, 3.05) is 17.7 Å². The van der Waals surface area contributed by atoms with E-state index in [1.807, 2.05) is 20.8 Å². The maximum absolute atomic E-state index is 12.2. The third-order valence-corrected chi connectivity index (χ3v) is 4.00. The van der Waals surface area contributed by atoms with Crippen molar-refractivity contribution < 1.29 is 0 Å². The van der Waals surface area contributed by atoms with E-state index in [-0.39, 0.29) is 16.5 Å². The lowest BCUT2D eigenvalue weighted by atomic mass is 10.1. The minimum absolute atomic E-state index is 0.0737. The molecular weight excluding hydrogens is 250 g/mol. The van der Waals surface area contributed by atoms with E-state index in [0.29, 0.717) is 11.7 Å². The van der Waals surface area contributed by atoms with Crippen LogP contribution in [0.25, 0.3) is 0 Å². The van der Waals surface area contributed by atoms with Crippen molar-refractivity contribution in [2.24, 2.45) is 5.41 Å². The second kappa shape index (κ2) is 4.57. The first-order valence-corrected chi connectivity index (χ1v) is 6.79. The Kier molecular flexibility index (Phi) is 3.41. The van der Waals surface area contributed by atoms with Crippen LogP contribution in [0.3, 0.4) is 0 Å². The molecule has 0 radical (unpaired) electrons. The molecule has 1 saturated carbocycles. The molecule has 1 heterocycles. The van der Waals surface area contributed by atoms with Crippen LogP contribution in [-0.4, -0.2) is 22.0 Å². The molecule has 1 aliphatic rings. The summed E-state index contributed by atoms with van der Waals surface area (Å²) in [5.41, 5.74) is -0.131. The fraction of sp³-hybridized carbons (Fsp3) is 0.692. The molecule has 1 aromatic rings. The van der Waals surface area contributed by atoms with Gasteiger partial charge >= 0.3 is 0 Å². The summed E-state index contributed by atoms with van der Waals surface area (Å²) in [5.74, 6) is 1.06. The summed E-state index contributed by atoms with van der Waals surface area (Å²) in [6.45, 7) is 6.73. The summed E-state index contributed by atoms with van der Waals surface area (Å²) in [7, 11) is 0. The Hall–Kier alpha value is -1.03. The van der Waals surface area contributed by atoms with Crippen LogP contribution in [0.5, 0.6) is 0 Å². The van der Waals surface area contributed by atoms with Crippen molar-refractivity contribution in [1.29, 1.82) is 0 Å². The summed E-state index contributed by atoms with van der Waals surface area (Å²) < 4.78 is 1.70. The third-order valence-electron chi connectivity index (χ3n) is 3.43. The first-order valence-electron chi connectivity index (χ1n) is 6.26. The maximum atomic E-state index is 12.2. The molecule has 0 atom stereocenters. The lowest BCUT2D eigenvalue weighted by Gasteiger charge is -2.23. The van der Waals surface area contributed by atoms with E-state index in [0.717, 1.165) is 19.4 Å². The standard InChI is InChI=1S/C13H20ClN3O/c1-12(2,3)17-7-6-15-10(11(17)18)16-9-13(8-14)4-5-13/h6-7H,4-5,8-9H2,1-3H3,(H,15,16). The molecule has 0 bridgehead atoms. The van der Waals surface area contributed by atoms with Crippen LogP contribution in [0.2, 0.25) is 0 Å². The molecule has 0 aliphatic heterocycles. The fourth-order valence-electron chi connectivity index (χ4n) is 1.87. The number of hydrogen-bond donors (Lipinski definition) is 1. The first-order chi connectivity index (χ1) is 8.38. The van der Waals surface area contributed by atoms with Crippen molar-refractivity contribution in [3.8, 4) is 0 Å². The van der Waals surface area contributed by atoms with Gasteiger partial charge in [-0.3, -0.25) is 4.79 Å². The van der Waals surface area contributed by atoms with E-state index >= 15 is 0 Å². The molecule has 0 spiro atoms. The summed E-state index contributed by atoms with van der Waals surface area (Å²) >= 11 is 5.92. The Morgan fingerprint density at radius 3 is 2.67 bits per heavy atom. The number of anilines is 1. The summed E-state index contributed by atoms with van der Waals surface area (Å²) in [6, 6.07) is 0. The highest BCUT2D eigenvalue weighted by molar-refractivity contribution is 6.18. The van der Waals surface area contributed by atoms with E-state index in [9.17, 15) is 4.79 Å². The molecule has 1 N–H and O–H groups in total. The largest absolute Gasteiger partial charge is 0.365 e. The summed E-state index contributed by atoms with van der Waals surface area (Å²) in [5, 5.41) is 3.15. The molecule has 4 nitrogen and oxygen atoms in total. The van der Waals surface area contributed by atoms with Crippen molar-refractivity contribution in [1.82, 2.24) is 9.55 Å². The van der Waals surface area contributed by atoms with E-state index in [2.05, 4.69) is 10.3 Å². The fourth-order valence-corrected chi connectivity index (χ4v) is 2.23. The van der Waals surface area contributed by atoms with E-state index in [1.165, 1.54) is 0 Å². The normalized spacial score (nSPS) is 17.6. The molecule has 1 fully saturated rings. The highest BCUT2D eigenvalue weighted by Crippen LogP contribution is 2.46. The Labute approximate surface area is 112 Å². The number of alkyl halides is 1. The molecule has 100 valence electrons. The van der Waals surface area contributed by atoms with Gasteiger partial charge in [-0.05, 0) is 33.6 Å². The topological polar surface area (TPSA) is 46.9 Å². The number of aromatic nitrogens is 2. The van der Waals surface area contributed by atoms with Gasteiger partial charge in [0.1, 0.15) is 0 Å². The van der Waals surface area contributed by atoms with Gasteiger partial charge in [-0.2, -0.15) is 0 Å². The van der Waals surface area contributed by atoms with Gasteiger partial charge in [0.25, 0.3) is 5.56 Å². The zero-order valence-electron chi connectivity index (χ0n) is 11.2. The molecule has 1 aromatic heterocycles. The van der Waals surface area contributed by atoms with Gasteiger partial charge < -0.3 is 9.88 Å².